The molecule has 0 saturated carbocycles. The van der Waals surface area contributed by atoms with E-state index in [2.05, 4.69) is 18.2 Å². The summed E-state index contributed by atoms with van der Waals surface area (Å²) in [5, 5.41) is 9.57. The third-order valence-electron chi connectivity index (χ3n) is 6.02. The van der Waals surface area contributed by atoms with Crippen LogP contribution in [0.25, 0.3) is 11.1 Å². The molecule has 160 valence electrons. The van der Waals surface area contributed by atoms with Crippen molar-refractivity contribution in [2.45, 2.75) is 23.2 Å². The highest BCUT2D eigenvalue weighted by molar-refractivity contribution is 7.90. The van der Waals surface area contributed by atoms with Crippen LogP contribution in [0.15, 0.2) is 83.8 Å². The van der Waals surface area contributed by atoms with E-state index in [9.17, 15) is 18.3 Å². The summed E-state index contributed by atoms with van der Waals surface area (Å²) in [6, 6.07) is 25.2. The first kappa shape index (κ1) is 21.1. The first-order valence-electron chi connectivity index (χ1n) is 10.3. The van der Waals surface area contributed by atoms with Gasteiger partial charge in [-0.3, -0.25) is 0 Å². The van der Waals surface area contributed by atoms with Crippen LogP contribution in [0.4, 0.5) is 4.79 Å². The monoisotopic (exact) mass is 435 g/mol. The molecule has 0 radical (unpaired) electrons. The van der Waals surface area contributed by atoms with Gasteiger partial charge in [0, 0.05) is 25.3 Å². The third-order valence-corrected chi connectivity index (χ3v) is 7.13. The van der Waals surface area contributed by atoms with Crippen LogP contribution in [0.2, 0.25) is 0 Å². The van der Waals surface area contributed by atoms with E-state index in [1.54, 1.807) is 18.2 Å². The SMILES string of the molecule is CS(=O)(=O)c1cccc(-c2cccc([C@@H]3CN(C(=O)O)CC[C@H]3c3ccccc3)c2)c1. The van der Waals surface area contributed by atoms with Crippen LogP contribution in [-0.4, -0.2) is 43.9 Å². The van der Waals surface area contributed by atoms with Crippen LogP contribution >= 0.6 is 0 Å². The van der Waals surface area contributed by atoms with Crippen LogP contribution in [0.3, 0.4) is 0 Å². The second-order valence-corrected chi connectivity index (χ2v) is 10.1. The quantitative estimate of drug-likeness (QED) is 0.625. The fourth-order valence-electron chi connectivity index (χ4n) is 4.42. The molecule has 2 atom stereocenters. The van der Waals surface area contributed by atoms with Crippen LogP contribution in [0.5, 0.6) is 0 Å². The highest BCUT2D eigenvalue weighted by atomic mass is 32.2. The number of likely N-dealkylation sites (tertiary alicyclic amines) is 1. The predicted molar refractivity (Wildman–Crippen MR) is 121 cm³/mol. The lowest BCUT2D eigenvalue weighted by Gasteiger charge is -2.38. The van der Waals surface area contributed by atoms with Gasteiger partial charge in [-0.1, -0.05) is 66.7 Å². The van der Waals surface area contributed by atoms with Crippen molar-refractivity contribution < 1.29 is 18.3 Å². The maximum atomic E-state index is 12.0. The highest BCUT2D eigenvalue weighted by Crippen LogP contribution is 2.40. The molecule has 1 N–H and O–H groups in total. The van der Waals surface area contributed by atoms with Gasteiger partial charge in [-0.15, -0.1) is 0 Å². The Balaban J connectivity index is 1.74. The molecule has 6 heteroatoms. The molecule has 1 heterocycles. The first-order valence-corrected chi connectivity index (χ1v) is 12.2. The van der Waals surface area contributed by atoms with Crippen molar-refractivity contribution in [2.24, 2.45) is 0 Å². The van der Waals surface area contributed by atoms with Gasteiger partial charge in [-0.05, 0) is 46.7 Å². The molecule has 1 fully saturated rings. The summed E-state index contributed by atoms with van der Waals surface area (Å²) in [7, 11) is -3.30. The number of sulfone groups is 1. The van der Waals surface area contributed by atoms with E-state index < -0.39 is 15.9 Å². The van der Waals surface area contributed by atoms with Gasteiger partial charge in [-0.2, -0.15) is 0 Å². The maximum absolute atomic E-state index is 12.0. The summed E-state index contributed by atoms with van der Waals surface area (Å²) in [5.41, 5.74) is 4.01. The number of amides is 1. The zero-order valence-electron chi connectivity index (χ0n) is 17.3. The standard InChI is InChI=1S/C25H25NO4S/c1-31(29,30)22-12-6-10-20(16-22)19-9-5-11-21(15-19)24-17-26(25(27)28)14-13-23(24)18-7-3-2-4-8-18/h2-12,15-16,23-24H,13-14,17H2,1H3,(H,27,28)/t23-,24-/m0/s1. The van der Waals surface area contributed by atoms with Gasteiger partial charge in [-0.25, -0.2) is 13.2 Å². The lowest BCUT2D eigenvalue weighted by molar-refractivity contribution is 0.125. The van der Waals surface area contributed by atoms with Crippen molar-refractivity contribution >= 4 is 15.9 Å². The fraction of sp³-hybridized carbons (Fsp3) is 0.240. The Morgan fingerprint density at radius 1 is 0.871 bits per heavy atom. The van der Waals surface area contributed by atoms with Crippen LogP contribution < -0.4 is 0 Å². The Hall–Kier alpha value is -3.12. The van der Waals surface area contributed by atoms with Crippen LogP contribution in [0.1, 0.15) is 29.4 Å². The van der Waals surface area contributed by atoms with Gasteiger partial charge in [0.15, 0.2) is 9.84 Å². The summed E-state index contributed by atoms with van der Waals surface area (Å²) >= 11 is 0. The third kappa shape index (κ3) is 4.64. The van der Waals surface area contributed by atoms with Gasteiger partial charge < -0.3 is 10.0 Å². The molecule has 1 saturated heterocycles. The number of carbonyl (C=O) groups is 1. The Labute approximate surface area is 182 Å². The molecule has 31 heavy (non-hydrogen) atoms. The number of carboxylic acid groups (broad SMARTS) is 1. The molecular weight excluding hydrogens is 410 g/mol. The van der Waals surface area contributed by atoms with Crippen LogP contribution in [0, 0.1) is 0 Å². The Morgan fingerprint density at radius 3 is 2.19 bits per heavy atom. The zero-order valence-corrected chi connectivity index (χ0v) is 18.1. The second-order valence-electron chi connectivity index (χ2n) is 8.07. The normalized spacial score (nSPS) is 19.2. The average molecular weight is 436 g/mol. The first-order chi connectivity index (χ1) is 14.8. The summed E-state index contributed by atoms with van der Waals surface area (Å²) in [6.45, 7) is 0.948. The molecule has 0 unspecified atom stereocenters. The van der Waals surface area contributed by atoms with Crippen molar-refractivity contribution in [2.75, 3.05) is 19.3 Å². The molecule has 1 amide bonds. The maximum Gasteiger partial charge on any atom is 0.407 e. The molecule has 3 aromatic rings. The molecule has 0 aliphatic carbocycles. The predicted octanol–water partition coefficient (Wildman–Crippen LogP) is 5.01. The molecule has 4 rings (SSSR count). The molecule has 1 aliphatic heterocycles. The van der Waals surface area contributed by atoms with Gasteiger partial charge in [0.05, 0.1) is 4.90 Å². The largest absolute Gasteiger partial charge is 0.465 e. The summed E-state index contributed by atoms with van der Waals surface area (Å²) in [6.07, 6.45) is 1.07. The van der Waals surface area contributed by atoms with Gasteiger partial charge >= 0.3 is 6.09 Å². The molecule has 0 spiro atoms. The van der Waals surface area contributed by atoms with Crippen molar-refractivity contribution in [3.8, 4) is 11.1 Å². The number of rotatable bonds is 4. The average Bonchev–Trinajstić information content (AvgIpc) is 2.79. The molecule has 5 nitrogen and oxygen atoms in total. The minimum Gasteiger partial charge on any atom is -0.465 e. The van der Waals surface area contributed by atoms with E-state index in [0.717, 1.165) is 23.1 Å². The van der Waals surface area contributed by atoms with Crippen molar-refractivity contribution in [3.05, 3.63) is 90.0 Å². The van der Waals surface area contributed by atoms with Crippen molar-refractivity contribution in [3.63, 3.8) is 0 Å². The van der Waals surface area contributed by atoms with E-state index >= 15 is 0 Å². The molecule has 0 bridgehead atoms. The number of benzene rings is 3. The number of hydrogen-bond donors (Lipinski definition) is 1. The molecule has 1 aliphatic rings. The highest BCUT2D eigenvalue weighted by Gasteiger charge is 2.33. The summed E-state index contributed by atoms with van der Waals surface area (Å²) < 4.78 is 23.9. The molecule has 3 aromatic carbocycles. The lowest BCUT2D eigenvalue weighted by atomic mass is 9.76. The molecule has 0 aromatic heterocycles. The van der Waals surface area contributed by atoms with E-state index in [1.165, 1.54) is 16.7 Å². The Kier molecular flexibility index (Phi) is 5.83. The van der Waals surface area contributed by atoms with Gasteiger partial charge in [0.25, 0.3) is 0 Å². The number of nitrogens with zero attached hydrogens (tertiary/aromatic N) is 1. The van der Waals surface area contributed by atoms with Crippen molar-refractivity contribution in [1.29, 1.82) is 0 Å². The zero-order chi connectivity index (χ0) is 22.0. The number of piperidine rings is 1. The van der Waals surface area contributed by atoms with E-state index in [4.69, 9.17) is 0 Å². The van der Waals surface area contributed by atoms with E-state index in [0.29, 0.717) is 13.1 Å². The van der Waals surface area contributed by atoms with E-state index in [-0.39, 0.29) is 16.7 Å². The second kappa shape index (κ2) is 8.55. The number of hydrogen-bond acceptors (Lipinski definition) is 3. The lowest BCUT2D eigenvalue weighted by Crippen LogP contribution is -2.41. The fourth-order valence-corrected chi connectivity index (χ4v) is 5.08. The Bertz CT molecular complexity index is 1190. The van der Waals surface area contributed by atoms with Gasteiger partial charge in [0.2, 0.25) is 0 Å². The topological polar surface area (TPSA) is 74.7 Å². The minimum absolute atomic E-state index is 0.0188. The van der Waals surface area contributed by atoms with Crippen molar-refractivity contribution in [1.82, 2.24) is 4.90 Å². The van der Waals surface area contributed by atoms with Crippen LogP contribution in [-0.2, 0) is 9.84 Å². The van der Waals surface area contributed by atoms with E-state index in [1.807, 2.05) is 42.5 Å². The smallest absolute Gasteiger partial charge is 0.407 e. The Morgan fingerprint density at radius 2 is 1.52 bits per heavy atom. The molecular formula is C25H25NO4S. The summed E-state index contributed by atoms with van der Waals surface area (Å²) in [4.78, 5) is 13.4. The minimum atomic E-state index is -3.30. The van der Waals surface area contributed by atoms with Gasteiger partial charge in [0.1, 0.15) is 0 Å². The summed E-state index contributed by atoms with van der Waals surface area (Å²) in [5.74, 6) is 0.236.